The first kappa shape index (κ1) is 38.5. The van der Waals surface area contributed by atoms with Gasteiger partial charge in [-0.2, -0.15) is 0 Å². The molecule has 0 amide bonds. The summed E-state index contributed by atoms with van der Waals surface area (Å²) in [6.45, 7) is 5.99. The van der Waals surface area contributed by atoms with E-state index in [1.807, 2.05) is 32.9 Å². The van der Waals surface area contributed by atoms with Gasteiger partial charge >= 0.3 is 11.9 Å². The summed E-state index contributed by atoms with van der Waals surface area (Å²) in [6, 6.07) is 18.2. The normalized spacial score (nSPS) is 12.5. The van der Waals surface area contributed by atoms with Crippen molar-refractivity contribution in [3.63, 3.8) is 0 Å². The standard InChI is InChI=1S/C18H15Cl2NO4S2.C16H17Cl2NO3/c19-11-6-12(20)8-13(7-11)21-17(18(22)23)16-4-3-15(25-16)10-27-26-9-14-2-1-5-24-14;1-16(2,3)13-5-4-12(22-13)14(15(20)21)19-11-7-9(17)6-10(18)8-11/h1-8,17,21H,9-10H2,(H,22,23);4-8,14,19H,1-3H3,(H,20,21). The third kappa shape index (κ3) is 11.9. The third-order valence-electron chi connectivity index (χ3n) is 6.52. The Kier molecular flexibility index (Phi) is 13.8. The zero-order valence-corrected chi connectivity index (χ0v) is 31.0. The number of carboxylic acids is 2. The monoisotopic (exact) mass is 784 g/mol. The van der Waals surface area contributed by atoms with Gasteiger partial charge in [0.1, 0.15) is 28.8 Å². The molecule has 0 bridgehead atoms. The molecule has 9 nitrogen and oxygen atoms in total. The summed E-state index contributed by atoms with van der Waals surface area (Å²) in [4.78, 5) is 23.2. The molecule has 2 atom stereocenters. The van der Waals surface area contributed by atoms with Crippen LogP contribution in [0.5, 0.6) is 0 Å². The predicted molar refractivity (Wildman–Crippen MR) is 198 cm³/mol. The molecule has 2 unspecified atom stereocenters. The highest BCUT2D eigenvalue weighted by Crippen LogP contribution is 2.33. The Labute approximate surface area is 311 Å². The van der Waals surface area contributed by atoms with Crippen LogP contribution < -0.4 is 10.6 Å². The maximum Gasteiger partial charge on any atom is 0.334 e. The van der Waals surface area contributed by atoms with E-state index in [0.29, 0.717) is 54.5 Å². The quantitative estimate of drug-likeness (QED) is 0.0670. The molecule has 0 aliphatic carbocycles. The lowest BCUT2D eigenvalue weighted by Gasteiger charge is -2.17. The molecule has 0 saturated heterocycles. The van der Waals surface area contributed by atoms with Gasteiger partial charge < -0.3 is 34.1 Å². The van der Waals surface area contributed by atoms with E-state index in [2.05, 4.69) is 10.6 Å². The van der Waals surface area contributed by atoms with Gasteiger partial charge in [0.15, 0.2) is 12.1 Å². The van der Waals surface area contributed by atoms with E-state index in [1.54, 1.807) is 88.5 Å². The van der Waals surface area contributed by atoms with Gasteiger partial charge in [0, 0.05) is 36.9 Å². The van der Waals surface area contributed by atoms with Crippen molar-refractivity contribution in [2.45, 2.75) is 49.8 Å². The van der Waals surface area contributed by atoms with E-state index in [1.165, 1.54) is 0 Å². The van der Waals surface area contributed by atoms with Gasteiger partial charge in [-0.25, -0.2) is 9.59 Å². The Hall–Kier alpha value is -3.32. The molecule has 4 N–H and O–H groups in total. The minimum Gasteiger partial charge on any atom is -0.479 e. The highest BCUT2D eigenvalue weighted by Gasteiger charge is 2.27. The van der Waals surface area contributed by atoms with Crippen molar-refractivity contribution < 1.29 is 33.1 Å². The maximum absolute atomic E-state index is 11.7. The van der Waals surface area contributed by atoms with Crippen molar-refractivity contribution in [3.8, 4) is 0 Å². The van der Waals surface area contributed by atoms with Crippen molar-refractivity contribution in [3.05, 3.63) is 128 Å². The topological polar surface area (TPSA) is 138 Å². The first-order valence-electron chi connectivity index (χ1n) is 14.5. The number of benzene rings is 2. The van der Waals surface area contributed by atoms with E-state index in [-0.39, 0.29) is 5.41 Å². The van der Waals surface area contributed by atoms with Crippen molar-refractivity contribution in [2.24, 2.45) is 0 Å². The third-order valence-corrected chi connectivity index (χ3v) is 9.58. The first-order valence-corrected chi connectivity index (χ1v) is 18.5. The fourth-order valence-electron chi connectivity index (χ4n) is 4.25. The van der Waals surface area contributed by atoms with Gasteiger partial charge in [0.25, 0.3) is 0 Å². The predicted octanol–water partition coefficient (Wildman–Crippen LogP) is 11.6. The Morgan fingerprint density at radius 1 is 0.694 bits per heavy atom. The van der Waals surface area contributed by atoms with Crippen LogP contribution in [0.25, 0.3) is 0 Å². The summed E-state index contributed by atoms with van der Waals surface area (Å²) in [5.74, 6) is 2.21. The van der Waals surface area contributed by atoms with E-state index in [4.69, 9.17) is 59.7 Å². The second-order valence-corrected chi connectivity index (χ2v) is 15.7. The van der Waals surface area contributed by atoms with Crippen molar-refractivity contribution in [1.82, 2.24) is 0 Å². The van der Waals surface area contributed by atoms with Crippen molar-refractivity contribution >= 4 is 91.3 Å². The maximum atomic E-state index is 11.7. The number of hydrogen-bond acceptors (Lipinski definition) is 9. The Morgan fingerprint density at radius 2 is 1.16 bits per heavy atom. The molecule has 0 saturated carbocycles. The van der Waals surface area contributed by atoms with E-state index < -0.39 is 24.0 Å². The average molecular weight is 787 g/mol. The number of furan rings is 3. The lowest BCUT2D eigenvalue weighted by Crippen LogP contribution is -2.20. The van der Waals surface area contributed by atoms with Crippen LogP contribution in [0.3, 0.4) is 0 Å². The second-order valence-electron chi connectivity index (χ2n) is 11.5. The molecule has 0 fully saturated rings. The minimum absolute atomic E-state index is 0.194. The summed E-state index contributed by atoms with van der Waals surface area (Å²) in [5, 5.41) is 26.4. The first-order chi connectivity index (χ1) is 23.2. The van der Waals surface area contributed by atoms with Gasteiger partial charge in [-0.15, -0.1) is 0 Å². The average Bonchev–Trinajstić information content (AvgIpc) is 3.78. The smallest absolute Gasteiger partial charge is 0.334 e. The number of halogens is 4. The highest BCUT2D eigenvalue weighted by molar-refractivity contribution is 8.76. The summed E-state index contributed by atoms with van der Waals surface area (Å²) >= 11 is 23.8. The fourth-order valence-corrected chi connectivity index (χ4v) is 7.22. The van der Waals surface area contributed by atoms with Gasteiger partial charge in [-0.1, -0.05) is 88.8 Å². The van der Waals surface area contributed by atoms with Crippen LogP contribution in [0.4, 0.5) is 11.4 Å². The molecule has 3 heterocycles. The molecular formula is C34H32Cl4N2O7S2. The Balaban J connectivity index is 0.000000226. The largest absolute Gasteiger partial charge is 0.479 e. The lowest BCUT2D eigenvalue weighted by molar-refractivity contribution is -0.139. The van der Waals surface area contributed by atoms with Crippen molar-refractivity contribution in [2.75, 3.05) is 10.6 Å². The van der Waals surface area contributed by atoms with E-state index in [9.17, 15) is 19.8 Å². The van der Waals surface area contributed by atoms with Gasteiger partial charge in [0.2, 0.25) is 0 Å². The molecule has 0 radical (unpaired) electrons. The number of rotatable bonds is 13. The van der Waals surface area contributed by atoms with Crippen LogP contribution in [0.2, 0.25) is 20.1 Å². The molecule has 5 rings (SSSR count). The molecular weight excluding hydrogens is 754 g/mol. The molecule has 260 valence electrons. The van der Waals surface area contributed by atoms with Crippen LogP contribution in [0.15, 0.2) is 92.3 Å². The number of carbonyl (C=O) groups is 2. The van der Waals surface area contributed by atoms with Crippen LogP contribution in [-0.4, -0.2) is 22.2 Å². The highest BCUT2D eigenvalue weighted by atomic mass is 35.5. The lowest BCUT2D eigenvalue weighted by atomic mass is 9.94. The Morgan fingerprint density at radius 3 is 1.59 bits per heavy atom. The second kappa shape index (κ2) is 17.6. The molecule has 49 heavy (non-hydrogen) atoms. The Bertz CT molecular complexity index is 1810. The van der Waals surface area contributed by atoms with Crippen molar-refractivity contribution in [1.29, 1.82) is 0 Å². The molecule has 0 aliphatic rings. The van der Waals surface area contributed by atoms with E-state index >= 15 is 0 Å². The minimum atomic E-state index is -1.06. The summed E-state index contributed by atoms with van der Waals surface area (Å²) in [7, 11) is 3.24. The molecule has 0 aliphatic heterocycles. The molecule has 0 spiro atoms. The summed E-state index contributed by atoms with van der Waals surface area (Å²) in [5.41, 5.74) is 0.820. The number of anilines is 2. The van der Waals surface area contributed by atoms with Gasteiger partial charge in [-0.05, 0) is 72.8 Å². The van der Waals surface area contributed by atoms with Crippen LogP contribution in [0, 0.1) is 0 Å². The summed E-state index contributed by atoms with van der Waals surface area (Å²) in [6.07, 6.45) is 1.64. The van der Waals surface area contributed by atoms with Gasteiger partial charge in [-0.3, -0.25) is 0 Å². The molecule has 5 aromatic rings. The summed E-state index contributed by atoms with van der Waals surface area (Å²) < 4.78 is 16.7. The molecule has 3 aromatic heterocycles. The van der Waals surface area contributed by atoms with Crippen LogP contribution >= 0.6 is 68.0 Å². The van der Waals surface area contributed by atoms with Gasteiger partial charge in [0.05, 0.1) is 17.8 Å². The molecule has 2 aromatic carbocycles. The molecule has 15 heteroatoms. The SMILES string of the molecule is CC(C)(C)c1ccc(C(Nc2cc(Cl)cc(Cl)c2)C(=O)O)o1.O=C(O)C(Nc1cc(Cl)cc(Cl)c1)c1ccc(CSSCc2ccco2)o1. The van der Waals surface area contributed by atoms with E-state index in [0.717, 1.165) is 17.3 Å². The number of nitrogens with one attached hydrogen (secondary N) is 2. The number of hydrogen-bond donors (Lipinski definition) is 4. The number of aliphatic carboxylic acids is 2. The number of carboxylic acid groups (broad SMARTS) is 2. The van der Waals surface area contributed by atoms with Crippen LogP contribution in [-0.2, 0) is 26.5 Å². The van der Waals surface area contributed by atoms with Crippen LogP contribution in [0.1, 0.15) is 61.7 Å². The zero-order chi connectivity index (χ0) is 35.7. The zero-order valence-electron chi connectivity index (χ0n) is 26.3. The fraction of sp³-hybridized carbons (Fsp3) is 0.235.